The molecule has 0 N–H and O–H groups in total. The molecule has 1 atom stereocenters. The van der Waals surface area contributed by atoms with Gasteiger partial charge in [0.2, 0.25) is 0 Å². The molecule has 15 rings (SSSR count). The molecule has 0 spiro atoms. The minimum atomic E-state index is -0.539. The highest BCUT2D eigenvalue weighted by molar-refractivity contribution is 5.95. The van der Waals surface area contributed by atoms with Crippen molar-refractivity contribution < 1.29 is 0 Å². The Bertz CT molecular complexity index is 4280. The summed E-state index contributed by atoms with van der Waals surface area (Å²) in [6.07, 6.45) is 0. The summed E-state index contributed by atoms with van der Waals surface area (Å²) in [5.41, 5.74) is 29.3. The van der Waals surface area contributed by atoms with Crippen LogP contribution in [0.15, 0.2) is 291 Å². The van der Waals surface area contributed by atoms with Gasteiger partial charge in [-0.3, -0.25) is 0 Å². The first-order valence-electron chi connectivity index (χ1n) is 27.8. The van der Waals surface area contributed by atoms with E-state index in [1.165, 1.54) is 117 Å². The summed E-state index contributed by atoms with van der Waals surface area (Å²) in [4.78, 5) is 2.46. The number of anilines is 3. The van der Waals surface area contributed by atoms with Crippen molar-refractivity contribution in [1.29, 1.82) is 0 Å². The molecule has 3 aliphatic rings. The Kier molecular flexibility index (Phi) is 10.7. The molecule has 0 aromatic heterocycles. The van der Waals surface area contributed by atoms with Crippen LogP contribution in [0.2, 0.25) is 0 Å². The molecular formula is C78H57N. The zero-order valence-corrected chi connectivity index (χ0v) is 44.7. The van der Waals surface area contributed by atoms with Crippen molar-refractivity contribution in [3.63, 3.8) is 0 Å². The molecule has 0 amide bonds. The van der Waals surface area contributed by atoms with Crippen LogP contribution < -0.4 is 4.90 Å². The Hall–Kier alpha value is -9.56. The first kappa shape index (κ1) is 46.7. The van der Waals surface area contributed by atoms with E-state index < -0.39 is 5.41 Å². The molecule has 3 aliphatic carbocycles. The predicted molar refractivity (Wildman–Crippen MR) is 330 cm³/mol. The minimum absolute atomic E-state index is 0.138. The lowest BCUT2D eigenvalue weighted by Crippen LogP contribution is -2.28. The highest BCUT2D eigenvalue weighted by Crippen LogP contribution is 2.59. The van der Waals surface area contributed by atoms with E-state index in [-0.39, 0.29) is 10.8 Å². The standard InChI is InChI=1S/C78H57N/c1-76(2)70-35-18-15-32-65(70)69-34-21-33-68(75(69)76)62-29-14-13-28-61(62)53-40-45-59(46-41-53)79(60-47-49-67-64-31-17-20-37-72(64)78(74(67)51-60,56-24-9-5-10-25-56)57-26-11-6-12-27-57)58-43-38-52(39-44-58)54-42-48-66-63-30-16-19-36-71(63)77(3,73(66)50-54)55-22-7-4-8-23-55/h4-51H,1-3H3. The van der Waals surface area contributed by atoms with Crippen molar-refractivity contribution in [3.05, 3.63) is 341 Å². The van der Waals surface area contributed by atoms with Gasteiger partial charge < -0.3 is 4.90 Å². The van der Waals surface area contributed by atoms with E-state index in [4.69, 9.17) is 0 Å². The van der Waals surface area contributed by atoms with Crippen LogP contribution in [0.25, 0.3) is 66.8 Å². The van der Waals surface area contributed by atoms with E-state index in [9.17, 15) is 0 Å². The highest BCUT2D eigenvalue weighted by Gasteiger charge is 2.47. The fourth-order valence-corrected chi connectivity index (χ4v) is 14.4. The van der Waals surface area contributed by atoms with Gasteiger partial charge in [0.05, 0.1) is 5.41 Å². The average molecular weight is 1010 g/mol. The summed E-state index contributed by atoms with van der Waals surface area (Å²) in [5, 5.41) is 0. The van der Waals surface area contributed by atoms with E-state index >= 15 is 0 Å². The maximum absolute atomic E-state index is 2.48. The quantitative estimate of drug-likeness (QED) is 0.139. The van der Waals surface area contributed by atoms with Gasteiger partial charge in [-0.2, -0.15) is 0 Å². The van der Waals surface area contributed by atoms with Gasteiger partial charge in [0.1, 0.15) is 0 Å². The second kappa shape index (κ2) is 18.0. The largest absolute Gasteiger partial charge is 0.310 e. The zero-order valence-electron chi connectivity index (χ0n) is 44.7. The van der Waals surface area contributed by atoms with Gasteiger partial charge >= 0.3 is 0 Å². The van der Waals surface area contributed by atoms with Crippen molar-refractivity contribution in [2.24, 2.45) is 0 Å². The number of nitrogens with zero attached hydrogens (tertiary/aromatic N) is 1. The molecule has 12 aromatic carbocycles. The Labute approximate surface area is 464 Å². The molecule has 0 saturated heterocycles. The van der Waals surface area contributed by atoms with Crippen LogP contribution in [0, 0.1) is 0 Å². The normalized spacial score (nSPS) is 15.5. The van der Waals surface area contributed by atoms with E-state index in [1.807, 2.05) is 0 Å². The summed E-state index contributed by atoms with van der Waals surface area (Å²) in [6, 6.07) is 109. The Balaban J connectivity index is 0.878. The number of rotatable bonds is 9. The van der Waals surface area contributed by atoms with Crippen LogP contribution in [0.5, 0.6) is 0 Å². The summed E-state index contributed by atoms with van der Waals surface area (Å²) < 4.78 is 0. The van der Waals surface area contributed by atoms with Gasteiger partial charge in [-0.15, -0.1) is 0 Å². The smallest absolute Gasteiger partial charge is 0.0714 e. The van der Waals surface area contributed by atoms with Crippen molar-refractivity contribution in [2.75, 3.05) is 4.90 Å². The maximum Gasteiger partial charge on any atom is 0.0714 e. The van der Waals surface area contributed by atoms with Crippen LogP contribution >= 0.6 is 0 Å². The number of hydrogen-bond acceptors (Lipinski definition) is 1. The highest BCUT2D eigenvalue weighted by atomic mass is 15.1. The molecular weight excluding hydrogens is 951 g/mol. The van der Waals surface area contributed by atoms with Crippen LogP contribution in [0.4, 0.5) is 17.1 Å². The molecule has 0 bridgehead atoms. The first-order chi connectivity index (χ1) is 38.8. The Morgan fingerprint density at radius 3 is 1.27 bits per heavy atom. The molecule has 0 fully saturated rings. The lowest BCUT2D eigenvalue weighted by Gasteiger charge is -2.35. The van der Waals surface area contributed by atoms with Crippen LogP contribution in [0.1, 0.15) is 70.8 Å². The molecule has 0 radical (unpaired) electrons. The Morgan fingerprint density at radius 1 is 0.241 bits per heavy atom. The van der Waals surface area contributed by atoms with Gasteiger partial charge in [-0.1, -0.05) is 263 Å². The minimum Gasteiger partial charge on any atom is -0.310 e. The summed E-state index contributed by atoms with van der Waals surface area (Å²) >= 11 is 0. The number of benzene rings is 12. The van der Waals surface area contributed by atoms with Crippen molar-refractivity contribution in [2.45, 2.75) is 37.0 Å². The topological polar surface area (TPSA) is 3.24 Å². The maximum atomic E-state index is 2.48. The third kappa shape index (κ3) is 6.95. The van der Waals surface area contributed by atoms with Crippen LogP contribution in [0.3, 0.4) is 0 Å². The molecule has 1 heteroatoms. The molecule has 12 aromatic rings. The van der Waals surface area contributed by atoms with Crippen LogP contribution in [-0.4, -0.2) is 0 Å². The SMILES string of the molecule is CC1(C)c2ccccc2-c2cccc(-c3ccccc3-c3ccc(N(c4ccc(-c5ccc6c(c5)C(C)(c5ccccc5)c5ccccc5-6)cc4)c4ccc5c(c4)C(c4ccccc4)(c4ccccc4)c4ccccc4-5)cc3)c21. The molecule has 0 saturated carbocycles. The lowest BCUT2D eigenvalue weighted by molar-refractivity contribution is 0.662. The molecule has 374 valence electrons. The van der Waals surface area contributed by atoms with Crippen molar-refractivity contribution >= 4 is 17.1 Å². The van der Waals surface area contributed by atoms with E-state index in [2.05, 4.69) is 317 Å². The molecule has 0 aliphatic heterocycles. The second-order valence-corrected chi connectivity index (χ2v) is 22.4. The second-order valence-electron chi connectivity index (χ2n) is 22.4. The monoisotopic (exact) mass is 1010 g/mol. The fraction of sp³-hybridized carbons (Fsp3) is 0.0769. The van der Waals surface area contributed by atoms with Crippen molar-refractivity contribution in [3.8, 4) is 66.8 Å². The van der Waals surface area contributed by atoms with E-state index in [0.717, 1.165) is 17.1 Å². The zero-order chi connectivity index (χ0) is 52.9. The Morgan fingerprint density at radius 2 is 0.646 bits per heavy atom. The van der Waals surface area contributed by atoms with E-state index in [1.54, 1.807) is 0 Å². The predicted octanol–water partition coefficient (Wildman–Crippen LogP) is 20.2. The van der Waals surface area contributed by atoms with Crippen LogP contribution in [-0.2, 0) is 16.2 Å². The average Bonchev–Trinajstić information content (AvgIpc) is 4.15. The summed E-state index contributed by atoms with van der Waals surface area (Å²) in [5.74, 6) is 0. The lowest BCUT2D eigenvalue weighted by atomic mass is 9.67. The van der Waals surface area contributed by atoms with Gasteiger partial charge in [-0.05, 0) is 166 Å². The number of hydrogen-bond donors (Lipinski definition) is 0. The van der Waals surface area contributed by atoms with Crippen molar-refractivity contribution in [1.82, 2.24) is 0 Å². The van der Waals surface area contributed by atoms with Gasteiger partial charge in [0.15, 0.2) is 0 Å². The van der Waals surface area contributed by atoms with Gasteiger partial charge in [0.25, 0.3) is 0 Å². The fourth-order valence-electron chi connectivity index (χ4n) is 14.4. The molecule has 1 nitrogen and oxygen atoms in total. The molecule has 79 heavy (non-hydrogen) atoms. The molecule has 0 heterocycles. The van der Waals surface area contributed by atoms with Gasteiger partial charge in [0, 0.05) is 27.9 Å². The summed E-state index contributed by atoms with van der Waals surface area (Å²) in [7, 11) is 0. The number of fused-ring (bicyclic) bond motifs is 9. The van der Waals surface area contributed by atoms with E-state index in [0.29, 0.717) is 0 Å². The van der Waals surface area contributed by atoms with Gasteiger partial charge in [-0.25, -0.2) is 0 Å². The third-order valence-electron chi connectivity index (χ3n) is 18.1. The third-order valence-corrected chi connectivity index (χ3v) is 18.1. The molecule has 1 unspecified atom stereocenters. The summed E-state index contributed by atoms with van der Waals surface area (Å²) in [6.45, 7) is 7.16. The first-order valence-corrected chi connectivity index (χ1v) is 27.8.